The highest BCUT2D eigenvalue weighted by molar-refractivity contribution is 6.30. The second kappa shape index (κ2) is 4.57. The van der Waals surface area contributed by atoms with Gasteiger partial charge in [0, 0.05) is 34.8 Å². The van der Waals surface area contributed by atoms with Crippen LogP contribution < -0.4 is 5.73 Å². The average molecular weight is 330 g/mol. The number of nitrogens with two attached hydrogens (primary N) is 1. The Labute approximate surface area is 136 Å². The predicted octanol–water partition coefficient (Wildman–Crippen LogP) is 3.21. The minimum Gasteiger partial charge on any atom is -0.384 e. The maximum Gasteiger partial charge on any atom is 0.175 e. The van der Waals surface area contributed by atoms with Gasteiger partial charge >= 0.3 is 0 Å². The topological polar surface area (TPSA) is 63.5 Å². The maximum atomic E-state index is 14.4. The van der Waals surface area contributed by atoms with Gasteiger partial charge in [-0.25, -0.2) is 9.38 Å². The fourth-order valence-electron chi connectivity index (χ4n) is 3.22. The van der Waals surface area contributed by atoms with Crippen LogP contribution in [0.15, 0.2) is 47.6 Å². The lowest BCUT2D eigenvalue weighted by atomic mass is 9.84. The molecular weight excluding hydrogens is 317 g/mol. The van der Waals surface area contributed by atoms with Crippen LogP contribution in [0.2, 0.25) is 5.02 Å². The van der Waals surface area contributed by atoms with Gasteiger partial charge < -0.3 is 15.4 Å². The third-order valence-corrected chi connectivity index (χ3v) is 4.55. The minimum absolute atomic E-state index is 0.00511. The fourth-order valence-corrected chi connectivity index (χ4v) is 3.39. The largest absolute Gasteiger partial charge is 0.384 e. The van der Waals surface area contributed by atoms with E-state index in [9.17, 15) is 9.50 Å². The zero-order chi connectivity index (χ0) is 16.4. The second-order valence-electron chi connectivity index (χ2n) is 5.66. The summed E-state index contributed by atoms with van der Waals surface area (Å²) in [4.78, 5) is 4.22. The quantitative estimate of drug-likeness (QED) is 0.720. The fraction of sp³-hybridized carbons (Fsp3) is 0.118. The normalized spacial score (nSPS) is 19.9. The number of halogens is 2. The first kappa shape index (κ1) is 14.2. The van der Waals surface area contributed by atoms with Gasteiger partial charge in [0.25, 0.3) is 0 Å². The van der Waals surface area contributed by atoms with Gasteiger partial charge in [-0.05, 0) is 24.3 Å². The smallest absolute Gasteiger partial charge is 0.175 e. The molecule has 1 aliphatic rings. The third-order valence-electron chi connectivity index (χ3n) is 4.32. The molecule has 0 saturated carbocycles. The van der Waals surface area contributed by atoms with Crippen LogP contribution in [-0.2, 0) is 12.6 Å². The summed E-state index contributed by atoms with van der Waals surface area (Å²) in [7, 11) is 1.75. The molecule has 3 N–H and O–H groups in total. The number of fused-ring (bicyclic) bond motifs is 2. The van der Waals surface area contributed by atoms with Crippen molar-refractivity contribution in [2.75, 3.05) is 0 Å². The van der Waals surface area contributed by atoms with Crippen LogP contribution in [0.3, 0.4) is 0 Å². The van der Waals surface area contributed by atoms with Crippen molar-refractivity contribution in [3.05, 3.63) is 64.6 Å². The van der Waals surface area contributed by atoms with Crippen molar-refractivity contribution in [1.82, 2.24) is 4.57 Å². The van der Waals surface area contributed by atoms with Crippen molar-refractivity contribution < 1.29 is 9.50 Å². The first-order chi connectivity index (χ1) is 10.9. The minimum atomic E-state index is -1.71. The molecule has 0 aliphatic carbocycles. The molecule has 4 nitrogen and oxygen atoms in total. The van der Waals surface area contributed by atoms with Gasteiger partial charge in [-0.3, -0.25) is 0 Å². The van der Waals surface area contributed by atoms with E-state index in [4.69, 9.17) is 17.3 Å². The first-order valence-electron chi connectivity index (χ1n) is 7.04. The monoisotopic (exact) mass is 329 g/mol. The molecule has 116 valence electrons. The molecule has 0 amide bonds. The number of aryl methyl sites for hydroxylation is 1. The summed E-state index contributed by atoms with van der Waals surface area (Å²) in [6.45, 7) is 0. The molecule has 2 aromatic carbocycles. The maximum absolute atomic E-state index is 14.4. The number of aromatic nitrogens is 1. The SMILES string of the molecule is Cn1cc(F)c2c(C3(O)C(N)=Nc4ccc(Cl)cc43)cccc21. The molecule has 0 radical (unpaired) electrons. The number of rotatable bonds is 1. The number of aliphatic hydroxyl groups is 1. The van der Waals surface area contributed by atoms with Gasteiger partial charge in [-0.2, -0.15) is 0 Å². The molecule has 0 spiro atoms. The molecule has 23 heavy (non-hydrogen) atoms. The Bertz CT molecular complexity index is 995. The number of hydrogen-bond acceptors (Lipinski definition) is 3. The molecule has 1 atom stereocenters. The van der Waals surface area contributed by atoms with E-state index in [0.29, 0.717) is 32.7 Å². The third kappa shape index (κ3) is 1.77. The summed E-state index contributed by atoms with van der Waals surface area (Å²) in [5.41, 5.74) is 6.32. The Morgan fingerprint density at radius 3 is 2.83 bits per heavy atom. The van der Waals surface area contributed by atoms with E-state index in [1.165, 1.54) is 6.20 Å². The molecule has 1 aromatic heterocycles. The number of amidine groups is 1. The Hall–Kier alpha value is -2.37. The molecule has 6 heteroatoms. The van der Waals surface area contributed by atoms with Gasteiger partial charge in [-0.15, -0.1) is 0 Å². The molecular formula is C17H13ClFN3O. The lowest BCUT2D eigenvalue weighted by molar-refractivity contribution is 0.160. The predicted molar refractivity (Wildman–Crippen MR) is 88.6 cm³/mol. The van der Waals surface area contributed by atoms with E-state index in [2.05, 4.69) is 4.99 Å². The lowest BCUT2D eigenvalue weighted by Crippen LogP contribution is -2.39. The highest BCUT2D eigenvalue weighted by Gasteiger charge is 2.44. The van der Waals surface area contributed by atoms with Crippen LogP contribution in [0.25, 0.3) is 10.9 Å². The highest BCUT2D eigenvalue weighted by atomic mass is 35.5. The first-order valence-corrected chi connectivity index (χ1v) is 7.42. The van der Waals surface area contributed by atoms with Crippen LogP contribution in [0, 0.1) is 5.82 Å². The van der Waals surface area contributed by atoms with Crippen LogP contribution in [0.1, 0.15) is 11.1 Å². The van der Waals surface area contributed by atoms with E-state index in [0.717, 1.165) is 0 Å². The van der Waals surface area contributed by atoms with Crippen molar-refractivity contribution in [2.45, 2.75) is 5.60 Å². The van der Waals surface area contributed by atoms with Gasteiger partial charge in [0.05, 0.1) is 11.2 Å². The summed E-state index contributed by atoms with van der Waals surface area (Å²) in [6, 6.07) is 10.2. The van der Waals surface area contributed by atoms with Crippen LogP contribution in [-0.4, -0.2) is 15.5 Å². The number of aliphatic imine (C=N–C) groups is 1. The average Bonchev–Trinajstić information content (AvgIpc) is 2.96. The molecule has 0 saturated heterocycles. The van der Waals surface area contributed by atoms with Crippen molar-refractivity contribution in [3.8, 4) is 0 Å². The number of hydrogen-bond donors (Lipinski definition) is 2. The Morgan fingerprint density at radius 2 is 2.04 bits per heavy atom. The van der Waals surface area contributed by atoms with Crippen molar-refractivity contribution in [2.24, 2.45) is 17.8 Å². The Kier molecular flexibility index (Phi) is 2.83. The molecule has 0 fully saturated rings. The molecule has 3 aromatic rings. The molecule has 1 unspecified atom stereocenters. The molecule has 4 rings (SSSR count). The number of benzene rings is 2. The zero-order valence-electron chi connectivity index (χ0n) is 12.2. The van der Waals surface area contributed by atoms with Gasteiger partial charge in [-0.1, -0.05) is 23.7 Å². The van der Waals surface area contributed by atoms with Gasteiger partial charge in [0.1, 0.15) is 11.7 Å². The van der Waals surface area contributed by atoms with E-state index in [1.807, 2.05) is 0 Å². The highest BCUT2D eigenvalue weighted by Crippen LogP contribution is 2.45. The Morgan fingerprint density at radius 1 is 1.26 bits per heavy atom. The summed E-state index contributed by atoms with van der Waals surface area (Å²) in [6.07, 6.45) is 1.37. The van der Waals surface area contributed by atoms with Crippen molar-refractivity contribution in [3.63, 3.8) is 0 Å². The van der Waals surface area contributed by atoms with E-state index >= 15 is 0 Å². The second-order valence-corrected chi connectivity index (χ2v) is 6.09. The molecule has 1 aliphatic heterocycles. The van der Waals surface area contributed by atoms with E-state index in [1.54, 1.807) is 48.0 Å². The van der Waals surface area contributed by atoms with Crippen LogP contribution in [0.4, 0.5) is 10.1 Å². The molecule has 0 bridgehead atoms. The van der Waals surface area contributed by atoms with E-state index < -0.39 is 11.4 Å². The summed E-state index contributed by atoms with van der Waals surface area (Å²) >= 11 is 6.06. The van der Waals surface area contributed by atoms with E-state index in [-0.39, 0.29) is 5.84 Å². The molecule has 2 heterocycles. The summed E-state index contributed by atoms with van der Waals surface area (Å²) in [5, 5.41) is 12.1. The standard InChI is InChI=1S/C17H13ClFN3O/c1-22-8-12(19)15-10(3-2-4-14(15)22)17(23)11-7-9(18)5-6-13(11)21-16(17)20/h2-8,23H,1H3,(H2,20,21). The van der Waals surface area contributed by atoms with Crippen LogP contribution in [0.5, 0.6) is 0 Å². The summed E-state index contributed by atoms with van der Waals surface area (Å²) in [5.74, 6) is -0.416. The van der Waals surface area contributed by atoms with Gasteiger partial charge in [0.15, 0.2) is 5.60 Å². The number of nitrogens with zero attached hydrogens (tertiary/aromatic N) is 2. The Balaban J connectivity index is 2.09. The lowest BCUT2D eigenvalue weighted by Gasteiger charge is -2.25. The summed E-state index contributed by atoms with van der Waals surface area (Å²) < 4.78 is 16.1. The van der Waals surface area contributed by atoms with Crippen molar-refractivity contribution >= 4 is 34.0 Å². The van der Waals surface area contributed by atoms with Gasteiger partial charge in [0.2, 0.25) is 0 Å². The van der Waals surface area contributed by atoms with Crippen LogP contribution >= 0.6 is 11.6 Å². The van der Waals surface area contributed by atoms with Crippen molar-refractivity contribution in [1.29, 1.82) is 0 Å². The zero-order valence-corrected chi connectivity index (χ0v) is 13.0.